The van der Waals surface area contributed by atoms with Crippen molar-refractivity contribution < 1.29 is 0 Å². The third-order valence-electron chi connectivity index (χ3n) is 3.66. The molecule has 2 aliphatic rings. The number of likely N-dealkylation sites (tertiary alicyclic amines) is 1. The topological polar surface area (TPSA) is 3.24 Å². The Morgan fingerprint density at radius 1 is 1.08 bits per heavy atom. The third kappa shape index (κ3) is 2.21. The highest BCUT2D eigenvalue weighted by Gasteiger charge is 2.37. The van der Waals surface area contributed by atoms with Crippen molar-refractivity contribution in [3.63, 3.8) is 0 Å². The second-order valence-corrected chi connectivity index (χ2v) is 5.85. The first-order valence-electron chi connectivity index (χ1n) is 5.62. The van der Waals surface area contributed by atoms with Gasteiger partial charge in [-0.1, -0.05) is 12.8 Å². The van der Waals surface area contributed by atoms with Crippen molar-refractivity contribution >= 4 is 11.8 Å². The Morgan fingerprint density at radius 3 is 2.23 bits per heavy atom. The molecule has 2 heteroatoms. The van der Waals surface area contributed by atoms with Crippen LogP contribution < -0.4 is 0 Å². The van der Waals surface area contributed by atoms with Gasteiger partial charge >= 0.3 is 0 Å². The van der Waals surface area contributed by atoms with Crippen LogP contribution in [0, 0.1) is 0 Å². The summed E-state index contributed by atoms with van der Waals surface area (Å²) in [5.41, 5.74) is 0. The third-order valence-corrected chi connectivity index (χ3v) is 5.06. The van der Waals surface area contributed by atoms with Crippen LogP contribution in [0.3, 0.4) is 0 Å². The fraction of sp³-hybridized carbons (Fsp3) is 1.00. The molecule has 0 aromatic carbocycles. The standard InChI is InChI=1S/C11H21NS/c1-13-11(6-5-7-11)10-12-8-3-2-4-9-12/h2-10H2,1H3. The van der Waals surface area contributed by atoms with Gasteiger partial charge in [0.25, 0.3) is 0 Å². The normalized spacial score (nSPS) is 28.4. The molecule has 2 fully saturated rings. The summed E-state index contributed by atoms with van der Waals surface area (Å²) in [5.74, 6) is 0. The summed E-state index contributed by atoms with van der Waals surface area (Å²) in [5, 5.41) is 0. The van der Waals surface area contributed by atoms with Crippen LogP contribution >= 0.6 is 11.8 Å². The number of piperidine rings is 1. The maximum absolute atomic E-state index is 2.69. The molecule has 1 aliphatic carbocycles. The van der Waals surface area contributed by atoms with Crippen LogP contribution in [-0.4, -0.2) is 35.5 Å². The zero-order chi connectivity index (χ0) is 9.15. The highest BCUT2D eigenvalue weighted by atomic mass is 32.2. The van der Waals surface area contributed by atoms with Crippen molar-refractivity contribution in [2.75, 3.05) is 25.9 Å². The molecule has 0 amide bonds. The summed E-state index contributed by atoms with van der Waals surface area (Å²) in [6, 6.07) is 0. The van der Waals surface area contributed by atoms with E-state index in [1.807, 2.05) is 0 Å². The van der Waals surface area contributed by atoms with Gasteiger partial charge in [0.05, 0.1) is 0 Å². The van der Waals surface area contributed by atoms with Crippen LogP contribution in [0.5, 0.6) is 0 Å². The number of nitrogens with zero attached hydrogens (tertiary/aromatic N) is 1. The molecular formula is C11H21NS. The lowest BCUT2D eigenvalue weighted by atomic mass is 9.83. The van der Waals surface area contributed by atoms with Crippen molar-refractivity contribution in [2.45, 2.75) is 43.3 Å². The molecule has 0 radical (unpaired) electrons. The molecule has 13 heavy (non-hydrogen) atoms. The summed E-state index contributed by atoms with van der Waals surface area (Å²) in [4.78, 5) is 2.69. The van der Waals surface area contributed by atoms with Crippen molar-refractivity contribution in [3.05, 3.63) is 0 Å². The van der Waals surface area contributed by atoms with Crippen LogP contribution in [0.15, 0.2) is 0 Å². The van der Waals surface area contributed by atoms with Crippen LogP contribution in [0.1, 0.15) is 38.5 Å². The number of rotatable bonds is 3. The molecule has 1 heterocycles. The van der Waals surface area contributed by atoms with E-state index in [1.165, 1.54) is 58.2 Å². The summed E-state index contributed by atoms with van der Waals surface area (Å²) < 4.78 is 0.664. The Bertz CT molecular complexity index is 154. The molecule has 1 saturated heterocycles. The summed E-state index contributed by atoms with van der Waals surface area (Å²) in [6.45, 7) is 4.10. The minimum absolute atomic E-state index is 0.664. The van der Waals surface area contributed by atoms with Gasteiger partial charge in [-0.05, 0) is 45.0 Å². The van der Waals surface area contributed by atoms with Crippen molar-refractivity contribution in [3.8, 4) is 0 Å². The Hall–Kier alpha value is 0.310. The van der Waals surface area contributed by atoms with E-state index in [4.69, 9.17) is 0 Å². The van der Waals surface area contributed by atoms with Gasteiger partial charge in [-0.2, -0.15) is 11.8 Å². The van der Waals surface area contributed by atoms with Crippen LogP contribution in [-0.2, 0) is 0 Å². The molecule has 0 aromatic rings. The summed E-state index contributed by atoms with van der Waals surface area (Å²) >= 11 is 2.11. The Morgan fingerprint density at radius 2 is 1.77 bits per heavy atom. The first kappa shape index (κ1) is 9.85. The van der Waals surface area contributed by atoms with Gasteiger partial charge in [-0.15, -0.1) is 0 Å². The molecule has 2 rings (SSSR count). The predicted octanol–water partition coefficient (Wildman–Crippen LogP) is 2.76. The summed E-state index contributed by atoms with van der Waals surface area (Å²) in [6.07, 6.45) is 11.0. The fourth-order valence-corrected chi connectivity index (χ4v) is 3.53. The largest absolute Gasteiger partial charge is 0.302 e. The Balaban J connectivity index is 1.81. The van der Waals surface area contributed by atoms with Crippen LogP contribution in [0.2, 0.25) is 0 Å². The molecule has 1 nitrogen and oxygen atoms in total. The molecular weight excluding hydrogens is 178 g/mol. The van der Waals surface area contributed by atoms with Gasteiger partial charge in [-0.3, -0.25) is 0 Å². The SMILES string of the molecule is CSC1(CN2CCCCC2)CCC1. The highest BCUT2D eigenvalue weighted by Crippen LogP contribution is 2.43. The predicted molar refractivity (Wildman–Crippen MR) is 60.4 cm³/mol. The number of hydrogen-bond donors (Lipinski definition) is 0. The molecule has 1 saturated carbocycles. The lowest BCUT2D eigenvalue weighted by molar-refractivity contribution is 0.175. The molecule has 76 valence electrons. The molecule has 1 aliphatic heterocycles. The van der Waals surface area contributed by atoms with Crippen LogP contribution in [0.4, 0.5) is 0 Å². The maximum atomic E-state index is 2.69. The first-order valence-corrected chi connectivity index (χ1v) is 6.85. The van der Waals surface area contributed by atoms with E-state index >= 15 is 0 Å². The van der Waals surface area contributed by atoms with E-state index in [9.17, 15) is 0 Å². The molecule has 0 bridgehead atoms. The van der Waals surface area contributed by atoms with E-state index in [2.05, 4.69) is 22.9 Å². The second kappa shape index (κ2) is 4.22. The van der Waals surface area contributed by atoms with E-state index in [-0.39, 0.29) is 0 Å². The van der Waals surface area contributed by atoms with Crippen LogP contribution in [0.25, 0.3) is 0 Å². The van der Waals surface area contributed by atoms with E-state index < -0.39 is 0 Å². The molecule has 0 N–H and O–H groups in total. The fourth-order valence-electron chi connectivity index (χ4n) is 2.52. The van der Waals surface area contributed by atoms with Crippen molar-refractivity contribution in [1.29, 1.82) is 0 Å². The van der Waals surface area contributed by atoms with E-state index in [1.54, 1.807) is 0 Å². The quantitative estimate of drug-likeness (QED) is 0.687. The van der Waals surface area contributed by atoms with E-state index in [0.717, 1.165) is 0 Å². The molecule has 0 aromatic heterocycles. The Kier molecular flexibility index (Phi) is 3.20. The monoisotopic (exact) mass is 199 g/mol. The number of hydrogen-bond acceptors (Lipinski definition) is 2. The van der Waals surface area contributed by atoms with Gasteiger partial charge in [0.15, 0.2) is 0 Å². The van der Waals surface area contributed by atoms with Gasteiger partial charge in [0.2, 0.25) is 0 Å². The zero-order valence-electron chi connectivity index (χ0n) is 8.72. The average molecular weight is 199 g/mol. The number of thioether (sulfide) groups is 1. The second-order valence-electron chi connectivity index (χ2n) is 4.58. The zero-order valence-corrected chi connectivity index (χ0v) is 9.54. The van der Waals surface area contributed by atoms with Gasteiger partial charge in [-0.25, -0.2) is 0 Å². The van der Waals surface area contributed by atoms with E-state index in [0.29, 0.717) is 4.75 Å². The molecule has 0 spiro atoms. The van der Waals surface area contributed by atoms with Crippen molar-refractivity contribution in [1.82, 2.24) is 4.90 Å². The summed E-state index contributed by atoms with van der Waals surface area (Å²) in [7, 11) is 0. The highest BCUT2D eigenvalue weighted by molar-refractivity contribution is 8.00. The van der Waals surface area contributed by atoms with Gasteiger partial charge < -0.3 is 4.90 Å². The molecule has 0 atom stereocenters. The maximum Gasteiger partial charge on any atom is 0.0284 e. The minimum Gasteiger partial charge on any atom is -0.302 e. The van der Waals surface area contributed by atoms with Gasteiger partial charge in [0, 0.05) is 11.3 Å². The first-order chi connectivity index (χ1) is 6.35. The Labute approximate surface area is 86.3 Å². The lowest BCUT2D eigenvalue weighted by Crippen LogP contribution is -2.46. The molecule has 0 unspecified atom stereocenters. The van der Waals surface area contributed by atoms with Gasteiger partial charge in [0.1, 0.15) is 0 Å². The minimum atomic E-state index is 0.664. The smallest absolute Gasteiger partial charge is 0.0284 e. The lowest BCUT2D eigenvalue weighted by Gasteiger charge is -2.44. The average Bonchev–Trinajstić information content (AvgIpc) is 2.13. The van der Waals surface area contributed by atoms with Crippen molar-refractivity contribution in [2.24, 2.45) is 0 Å².